The summed E-state index contributed by atoms with van der Waals surface area (Å²) in [6.07, 6.45) is 0.442. The minimum absolute atomic E-state index is 0.0481. The fourth-order valence-corrected chi connectivity index (χ4v) is 2.05. The Hall–Kier alpha value is -1.26. The van der Waals surface area contributed by atoms with E-state index >= 15 is 0 Å². The summed E-state index contributed by atoms with van der Waals surface area (Å²) in [6.45, 7) is 8.00. The van der Waals surface area contributed by atoms with Crippen molar-refractivity contribution in [3.63, 3.8) is 0 Å². The summed E-state index contributed by atoms with van der Waals surface area (Å²) >= 11 is 5.88. The third-order valence-electron chi connectivity index (χ3n) is 3.05. The fourth-order valence-electron chi connectivity index (χ4n) is 1.88. The summed E-state index contributed by atoms with van der Waals surface area (Å²) in [6, 6.07) is 5.48. The number of hydrogen-bond donors (Lipinski definition) is 2. The molecule has 19 heavy (non-hydrogen) atoms. The maximum Gasteiger partial charge on any atom is 0.225 e. The number of carbonyl (C=O) groups is 1. The lowest BCUT2D eigenvalue weighted by atomic mass is 10.2. The number of halogens is 1. The molecule has 0 bridgehead atoms. The number of carbonyl (C=O) groups excluding carboxylic acids is 1. The Morgan fingerprint density at radius 3 is 2.74 bits per heavy atom. The summed E-state index contributed by atoms with van der Waals surface area (Å²) < 4.78 is 0. The minimum atomic E-state index is -0.0481. The summed E-state index contributed by atoms with van der Waals surface area (Å²) in [5.74, 6) is -0.0481. The predicted molar refractivity (Wildman–Crippen MR) is 81.5 cm³/mol. The molecule has 0 fully saturated rings. The molecule has 1 amide bonds. The van der Waals surface area contributed by atoms with Gasteiger partial charge in [-0.15, -0.1) is 0 Å². The average molecular weight is 284 g/mol. The molecule has 1 aromatic carbocycles. The smallest absolute Gasteiger partial charge is 0.225 e. The molecule has 0 saturated heterocycles. The molecular formula is C14H22ClN3O. The zero-order valence-electron chi connectivity index (χ0n) is 11.7. The summed E-state index contributed by atoms with van der Waals surface area (Å²) in [4.78, 5) is 14.1. The van der Waals surface area contributed by atoms with Crippen molar-refractivity contribution in [1.82, 2.24) is 4.90 Å². The second kappa shape index (κ2) is 7.36. The van der Waals surface area contributed by atoms with E-state index < -0.39 is 0 Å². The standard InChI is InChI=1S/C14H22ClN3O/c1-4-18(10(2)3)8-7-14(19)17-13-9-11(15)5-6-12(13)16/h5-6,9-10H,4,7-8,16H2,1-3H3,(H,17,19). The van der Waals surface area contributed by atoms with Crippen molar-refractivity contribution >= 4 is 28.9 Å². The second-order valence-corrected chi connectivity index (χ2v) is 5.19. The zero-order valence-corrected chi connectivity index (χ0v) is 12.5. The first-order valence-corrected chi connectivity index (χ1v) is 6.90. The summed E-state index contributed by atoms with van der Waals surface area (Å²) in [7, 11) is 0. The third-order valence-corrected chi connectivity index (χ3v) is 3.29. The van der Waals surface area contributed by atoms with E-state index in [1.165, 1.54) is 0 Å². The molecule has 4 nitrogen and oxygen atoms in total. The second-order valence-electron chi connectivity index (χ2n) is 4.75. The van der Waals surface area contributed by atoms with Gasteiger partial charge in [-0.1, -0.05) is 18.5 Å². The topological polar surface area (TPSA) is 58.4 Å². The van der Waals surface area contributed by atoms with Crippen molar-refractivity contribution in [3.05, 3.63) is 23.2 Å². The molecule has 1 rings (SSSR count). The van der Waals surface area contributed by atoms with Crippen LogP contribution in [0.15, 0.2) is 18.2 Å². The Morgan fingerprint density at radius 2 is 2.16 bits per heavy atom. The van der Waals surface area contributed by atoms with Crippen molar-refractivity contribution in [2.75, 3.05) is 24.1 Å². The van der Waals surface area contributed by atoms with Crippen LogP contribution >= 0.6 is 11.6 Å². The van der Waals surface area contributed by atoms with Crippen LogP contribution in [0.1, 0.15) is 27.2 Å². The maximum atomic E-state index is 11.9. The summed E-state index contributed by atoms with van der Waals surface area (Å²) in [5.41, 5.74) is 6.88. The lowest BCUT2D eigenvalue weighted by Gasteiger charge is -2.24. The van der Waals surface area contributed by atoms with Gasteiger partial charge in [0.15, 0.2) is 0 Å². The highest BCUT2D eigenvalue weighted by atomic mass is 35.5. The Morgan fingerprint density at radius 1 is 1.47 bits per heavy atom. The van der Waals surface area contributed by atoms with Gasteiger partial charge >= 0.3 is 0 Å². The van der Waals surface area contributed by atoms with Crippen LogP contribution < -0.4 is 11.1 Å². The molecule has 0 heterocycles. The molecule has 3 N–H and O–H groups in total. The van der Waals surface area contributed by atoms with E-state index in [2.05, 4.69) is 31.0 Å². The number of rotatable bonds is 6. The molecule has 0 aliphatic heterocycles. The van der Waals surface area contributed by atoms with Gasteiger partial charge in [-0.3, -0.25) is 4.79 Å². The number of anilines is 2. The first kappa shape index (κ1) is 15.8. The van der Waals surface area contributed by atoms with Crippen LogP contribution in [0.4, 0.5) is 11.4 Å². The van der Waals surface area contributed by atoms with Gasteiger partial charge in [-0.2, -0.15) is 0 Å². The Kier molecular flexibility index (Phi) is 6.12. The Balaban J connectivity index is 2.53. The number of amides is 1. The summed E-state index contributed by atoms with van der Waals surface area (Å²) in [5, 5.41) is 3.35. The predicted octanol–water partition coefficient (Wildman–Crippen LogP) is 2.98. The first-order chi connectivity index (χ1) is 8.93. The highest BCUT2D eigenvalue weighted by Gasteiger charge is 2.11. The van der Waals surface area contributed by atoms with Crippen LogP contribution in [-0.4, -0.2) is 29.9 Å². The van der Waals surface area contributed by atoms with Gasteiger partial charge in [-0.25, -0.2) is 0 Å². The van der Waals surface area contributed by atoms with Crippen LogP contribution in [0.3, 0.4) is 0 Å². The maximum absolute atomic E-state index is 11.9. The molecule has 0 unspecified atom stereocenters. The van der Waals surface area contributed by atoms with Crippen LogP contribution in [0, 0.1) is 0 Å². The van der Waals surface area contributed by atoms with Crippen LogP contribution in [-0.2, 0) is 4.79 Å². The molecule has 0 aliphatic rings. The SMILES string of the molecule is CCN(CCC(=O)Nc1cc(Cl)ccc1N)C(C)C. The van der Waals surface area contributed by atoms with Gasteiger partial charge in [0.25, 0.3) is 0 Å². The number of nitrogens with zero attached hydrogens (tertiary/aromatic N) is 1. The quantitative estimate of drug-likeness (QED) is 0.789. The number of nitrogens with two attached hydrogens (primary N) is 1. The number of hydrogen-bond acceptors (Lipinski definition) is 3. The van der Waals surface area contributed by atoms with Crippen LogP contribution in [0.25, 0.3) is 0 Å². The molecule has 0 aromatic heterocycles. The Bertz CT molecular complexity index is 435. The highest BCUT2D eigenvalue weighted by molar-refractivity contribution is 6.31. The van der Waals surface area contributed by atoms with Crippen LogP contribution in [0.5, 0.6) is 0 Å². The van der Waals surface area contributed by atoms with Gasteiger partial charge in [0.05, 0.1) is 11.4 Å². The monoisotopic (exact) mass is 283 g/mol. The molecule has 0 aliphatic carbocycles. The van der Waals surface area contributed by atoms with E-state index in [4.69, 9.17) is 17.3 Å². The molecule has 1 aromatic rings. The van der Waals surface area contributed by atoms with E-state index in [1.54, 1.807) is 18.2 Å². The molecule has 0 atom stereocenters. The van der Waals surface area contributed by atoms with Gasteiger partial charge in [-0.05, 0) is 38.6 Å². The molecule has 0 radical (unpaired) electrons. The fraction of sp³-hybridized carbons (Fsp3) is 0.500. The molecule has 0 spiro atoms. The number of nitrogen functional groups attached to an aromatic ring is 1. The Labute approximate surface area is 119 Å². The van der Waals surface area contributed by atoms with Crippen molar-refractivity contribution in [2.24, 2.45) is 0 Å². The average Bonchev–Trinajstić information content (AvgIpc) is 2.34. The molecule has 5 heteroatoms. The van der Waals surface area contributed by atoms with E-state index in [0.717, 1.165) is 13.1 Å². The minimum Gasteiger partial charge on any atom is -0.397 e. The normalized spacial score (nSPS) is 11.1. The van der Waals surface area contributed by atoms with Crippen molar-refractivity contribution < 1.29 is 4.79 Å². The number of benzene rings is 1. The van der Waals surface area contributed by atoms with Gasteiger partial charge in [0.2, 0.25) is 5.91 Å². The van der Waals surface area contributed by atoms with Gasteiger partial charge in [0.1, 0.15) is 0 Å². The first-order valence-electron chi connectivity index (χ1n) is 6.53. The molecule has 106 valence electrons. The lowest BCUT2D eigenvalue weighted by molar-refractivity contribution is -0.116. The molecular weight excluding hydrogens is 262 g/mol. The zero-order chi connectivity index (χ0) is 14.4. The number of nitrogens with one attached hydrogen (secondary N) is 1. The largest absolute Gasteiger partial charge is 0.397 e. The van der Waals surface area contributed by atoms with Gasteiger partial charge in [0, 0.05) is 24.0 Å². The lowest BCUT2D eigenvalue weighted by Crippen LogP contribution is -2.33. The van der Waals surface area contributed by atoms with Crippen molar-refractivity contribution in [1.29, 1.82) is 0 Å². The molecule has 0 saturated carbocycles. The van der Waals surface area contributed by atoms with Crippen molar-refractivity contribution in [3.8, 4) is 0 Å². The van der Waals surface area contributed by atoms with Gasteiger partial charge < -0.3 is 16.0 Å². The van der Waals surface area contributed by atoms with E-state index in [9.17, 15) is 4.79 Å². The van der Waals surface area contributed by atoms with E-state index in [-0.39, 0.29) is 5.91 Å². The van der Waals surface area contributed by atoms with Crippen molar-refractivity contribution in [2.45, 2.75) is 33.2 Å². The van der Waals surface area contributed by atoms with E-state index in [0.29, 0.717) is 28.9 Å². The third kappa shape index (κ3) is 5.09. The van der Waals surface area contributed by atoms with E-state index in [1.807, 2.05) is 0 Å². The highest BCUT2D eigenvalue weighted by Crippen LogP contribution is 2.22. The van der Waals surface area contributed by atoms with Crippen LogP contribution in [0.2, 0.25) is 5.02 Å².